The molecule has 7 heteroatoms. The number of ether oxygens (including phenoxy) is 1. The highest BCUT2D eigenvalue weighted by Crippen LogP contribution is 2.24. The van der Waals surface area contributed by atoms with Gasteiger partial charge in [-0.05, 0) is 12.1 Å². The number of amides is 1. The Morgan fingerprint density at radius 3 is 2.92 bits per heavy atom. The zero-order valence-corrected chi connectivity index (χ0v) is 14.7. The summed E-state index contributed by atoms with van der Waals surface area (Å²) in [6.45, 7) is 4.16. The molecule has 0 aliphatic rings. The Morgan fingerprint density at radius 1 is 1.31 bits per heavy atom. The molecule has 7 nitrogen and oxygen atoms in total. The van der Waals surface area contributed by atoms with E-state index in [1.54, 1.807) is 12.3 Å². The third-order valence-corrected chi connectivity index (χ3v) is 3.91. The maximum atomic E-state index is 12.1. The predicted octanol–water partition coefficient (Wildman–Crippen LogP) is 2.55. The van der Waals surface area contributed by atoms with Gasteiger partial charge in [0.2, 0.25) is 0 Å². The lowest BCUT2D eigenvalue weighted by Gasteiger charge is -2.21. The smallest absolute Gasteiger partial charge is 0.273 e. The number of pyridine rings is 1. The summed E-state index contributed by atoms with van der Waals surface area (Å²) in [5.41, 5.74) is 0.541. The Morgan fingerprint density at radius 2 is 2.12 bits per heavy atom. The molecule has 136 valence electrons. The molecule has 0 saturated heterocycles. The molecule has 1 aromatic carbocycles. The van der Waals surface area contributed by atoms with Gasteiger partial charge in [0.1, 0.15) is 17.9 Å². The molecule has 0 unspecified atom stereocenters. The molecule has 0 radical (unpaired) electrons. The van der Waals surface area contributed by atoms with Crippen molar-refractivity contribution in [3.63, 3.8) is 0 Å². The zero-order chi connectivity index (χ0) is 18.6. The number of rotatable bonds is 7. The van der Waals surface area contributed by atoms with E-state index in [0.29, 0.717) is 18.1 Å². The zero-order valence-electron chi connectivity index (χ0n) is 14.7. The Hall–Kier alpha value is -2.93. The van der Waals surface area contributed by atoms with Crippen molar-refractivity contribution in [3.05, 3.63) is 54.0 Å². The molecular formula is C19H21N3O4. The van der Waals surface area contributed by atoms with Crippen molar-refractivity contribution >= 4 is 16.8 Å². The van der Waals surface area contributed by atoms with Crippen molar-refractivity contribution in [2.75, 3.05) is 13.2 Å². The van der Waals surface area contributed by atoms with E-state index < -0.39 is 5.41 Å². The Kier molecular flexibility index (Phi) is 5.18. The molecule has 0 spiro atoms. The number of carbonyl (C=O) groups excluding carboxylic acids is 1. The number of carbonyl (C=O) groups is 1. The van der Waals surface area contributed by atoms with Gasteiger partial charge in [-0.3, -0.25) is 9.78 Å². The van der Waals surface area contributed by atoms with Crippen LogP contribution in [0.1, 0.15) is 30.1 Å². The Labute approximate surface area is 151 Å². The number of hydrogen-bond donors (Lipinski definition) is 2. The summed E-state index contributed by atoms with van der Waals surface area (Å²) >= 11 is 0. The quantitative estimate of drug-likeness (QED) is 0.676. The van der Waals surface area contributed by atoms with E-state index in [1.807, 2.05) is 44.2 Å². The number of benzene rings is 1. The van der Waals surface area contributed by atoms with Crippen LogP contribution >= 0.6 is 0 Å². The molecule has 0 aliphatic carbocycles. The van der Waals surface area contributed by atoms with Crippen LogP contribution in [0.15, 0.2) is 47.1 Å². The third kappa shape index (κ3) is 4.18. The maximum Gasteiger partial charge on any atom is 0.273 e. The minimum atomic E-state index is -0.396. The average molecular weight is 355 g/mol. The molecule has 2 aromatic heterocycles. The molecule has 2 heterocycles. The molecule has 0 saturated carbocycles. The highest BCUT2D eigenvalue weighted by molar-refractivity contribution is 5.92. The number of hydrogen-bond acceptors (Lipinski definition) is 6. The van der Waals surface area contributed by atoms with Crippen molar-refractivity contribution < 1.29 is 19.2 Å². The van der Waals surface area contributed by atoms with Crippen LogP contribution in [0, 0.1) is 5.41 Å². The number of para-hydroxylation sites is 1. The number of aliphatic hydroxyl groups excluding tert-OH is 1. The van der Waals surface area contributed by atoms with Gasteiger partial charge in [-0.1, -0.05) is 37.2 Å². The topological polar surface area (TPSA) is 97.5 Å². The normalized spacial score (nSPS) is 11.5. The van der Waals surface area contributed by atoms with Crippen LogP contribution in [0.5, 0.6) is 5.75 Å². The molecule has 0 bridgehead atoms. The van der Waals surface area contributed by atoms with Crippen molar-refractivity contribution in [2.24, 2.45) is 5.41 Å². The van der Waals surface area contributed by atoms with Gasteiger partial charge in [0.25, 0.3) is 5.91 Å². The SMILES string of the molecule is CC(C)(CO)CNC(=O)c1cc(COc2cccc3cccnc23)on1. The van der Waals surface area contributed by atoms with Gasteiger partial charge >= 0.3 is 0 Å². The van der Waals surface area contributed by atoms with Gasteiger partial charge < -0.3 is 19.7 Å². The van der Waals surface area contributed by atoms with Crippen molar-refractivity contribution in [1.29, 1.82) is 0 Å². The molecule has 2 N–H and O–H groups in total. The van der Waals surface area contributed by atoms with E-state index in [9.17, 15) is 9.90 Å². The van der Waals surface area contributed by atoms with E-state index in [0.717, 1.165) is 10.9 Å². The second-order valence-corrected chi connectivity index (χ2v) is 6.80. The molecule has 3 rings (SSSR count). The fourth-order valence-electron chi connectivity index (χ4n) is 2.30. The van der Waals surface area contributed by atoms with Crippen LogP contribution in [0.25, 0.3) is 10.9 Å². The molecule has 3 aromatic rings. The number of aromatic nitrogens is 2. The molecular weight excluding hydrogens is 334 g/mol. The van der Waals surface area contributed by atoms with Crippen LogP contribution in [0.2, 0.25) is 0 Å². The molecule has 1 amide bonds. The first-order valence-corrected chi connectivity index (χ1v) is 8.30. The summed E-state index contributed by atoms with van der Waals surface area (Å²) in [5.74, 6) is 0.716. The van der Waals surface area contributed by atoms with Crippen molar-refractivity contribution in [2.45, 2.75) is 20.5 Å². The van der Waals surface area contributed by atoms with Gasteiger partial charge in [0.05, 0.1) is 0 Å². The minimum Gasteiger partial charge on any atom is -0.483 e. The van der Waals surface area contributed by atoms with E-state index in [2.05, 4.69) is 15.5 Å². The van der Waals surface area contributed by atoms with Crippen LogP contribution in [0.4, 0.5) is 0 Å². The summed E-state index contributed by atoms with van der Waals surface area (Å²) in [6, 6.07) is 11.0. The maximum absolute atomic E-state index is 12.1. The Balaban J connectivity index is 1.62. The van der Waals surface area contributed by atoms with E-state index >= 15 is 0 Å². The van der Waals surface area contributed by atoms with E-state index in [-0.39, 0.29) is 24.8 Å². The molecule has 26 heavy (non-hydrogen) atoms. The first-order valence-electron chi connectivity index (χ1n) is 8.30. The summed E-state index contributed by atoms with van der Waals surface area (Å²) in [5, 5.41) is 16.7. The summed E-state index contributed by atoms with van der Waals surface area (Å²) in [4.78, 5) is 16.4. The first-order chi connectivity index (χ1) is 12.5. The van der Waals surface area contributed by atoms with Gasteiger partial charge in [0, 0.05) is 36.2 Å². The van der Waals surface area contributed by atoms with E-state index in [4.69, 9.17) is 9.26 Å². The third-order valence-electron chi connectivity index (χ3n) is 3.91. The van der Waals surface area contributed by atoms with Crippen LogP contribution in [-0.2, 0) is 6.61 Å². The van der Waals surface area contributed by atoms with Gasteiger partial charge in [-0.2, -0.15) is 0 Å². The summed E-state index contributed by atoms with van der Waals surface area (Å²) in [6.07, 6.45) is 1.71. The van der Waals surface area contributed by atoms with Gasteiger partial charge in [0.15, 0.2) is 11.5 Å². The highest BCUT2D eigenvalue weighted by atomic mass is 16.5. The number of nitrogens with zero attached hydrogens (tertiary/aromatic N) is 2. The van der Waals surface area contributed by atoms with E-state index in [1.165, 1.54) is 0 Å². The fraction of sp³-hybridized carbons (Fsp3) is 0.316. The number of nitrogens with one attached hydrogen (secondary N) is 1. The molecule has 0 fully saturated rings. The summed E-state index contributed by atoms with van der Waals surface area (Å²) < 4.78 is 10.9. The second-order valence-electron chi connectivity index (χ2n) is 6.80. The van der Waals surface area contributed by atoms with Crippen LogP contribution in [0.3, 0.4) is 0 Å². The number of fused-ring (bicyclic) bond motifs is 1. The highest BCUT2D eigenvalue weighted by Gasteiger charge is 2.20. The summed E-state index contributed by atoms with van der Waals surface area (Å²) in [7, 11) is 0. The first kappa shape index (κ1) is 17.9. The monoisotopic (exact) mass is 355 g/mol. The predicted molar refractivity (Wildman–Crippen MR) is 95.8 cm³/mol. The van der Waals surface area contributed by atoms with Gasteiger partial charge in [-0.25, -0.2) is 0 Å². The van der Waals surface area contributed by atoms with Crippen LogP contribution < -0.4 is 10.1 Å². The average Bonchev–Trinajstić information content (AvgIpc) is 3.13. The fourth-order valence-corrected chi connectivity index (χ4v) is 2.30. The standard InChI is InChI=1S/C19H21N3O4/c1-19(2,12-23)11-21-18(24)15-9-14(26-22-15)10-25-16-7-3-5-13-6-4-8-20-17(13)16/h3-9,23H,10-12H2,1-2H3,(H,21,24). The largest absolute Gasteiger partial charge is 0.483 e. The lowest BCUT2D eigenvalue weighted by Crippen LogP contribution is -2.36. The number of aliphatic hydroxyl groups is 1. The van der Waals surface area contributed by atoms with Crippen molar-refractivity contribution in [3.8, 4) is 5.75 Å². The lowest BCUT2D eigenvalue weighted by molar-refractivity contribution is 0.0902. The lowest BCUT2D eigenvalue weighted by atomic mass is 9.95. The molecule has 0 atom stereocenters. The Bertz CT molecular complexity index is 899. The molecule has 0 aliphatic heterocycles. The second kappa shape index (κ2) is 7.53. The van der Waals surface area contributed by atoms with Gasteiger partial charge in [-0.15, -0.1) is 0 Å². The van der Waals surface area contributed by atoms with Crippen molar-refractivity contribution in [1.82, 2.24) is 15.5 Å². The van der Waals surface area contributed by atoms with Crippen LogP contribution in [-0.4, -0.2) is 34.3 Å². The minimum absolute atomic E-state index is 0.0236.